The summed E-state index contributed by atoms with van der Waals surface area (Å²) in [7, 11) is 0. The molecule has 1 aliphatic rings. The summed E-state index contributed by atoms with van der Waals surface area (Å²) in [5.74, 6) is -0.187. The number of ketones is 1. The Morgan fingerprint density at radius 1 is 1.40 bits per heavy atom. The fraction of sp³-hybridized carbons (Fsp3) is 0.533. The maximum Gasteiger partial charge on any atom is 0.139 e. The van der Waals surface area contributed by atoms with E-state index >= 15 is 0 Å². The van der Waals surface area contributed by atoms with E-state index in [0.29, 0.717) is 23.9 Å². The van der Waals surface area contributed by atoms with E-state index in [1.165, 1.54) is 12.1 Å². The van der Waals surface area contributed by atoms with E-state index in [4.69, 9.17) is 4.74 Å². The Balaban J connectivity index is 1.72. The Kier molecular flexibility index (Phi) is 6.13. The van der Waals surface area contributed by atoms with Gasteiger partial charge in [-0.15, -0.1) is 0 Å². The monoisotopic (exact) mass is 343 g/mol. The average Bonchev–Trinajstić information content (AvgIpc) is 2.43. The minimum Gasteiger partial charge on any atom is -0.378 e. The highest BCUT2D eigenvalue weighted by Gasteiger charge is 2.14. The Labute approximate surface area is 127 Å². The highest BCUT2D eigenvalue weighted by atomic mass is 79.9. The van der Waals surface area contributed by atoms with Crippen LogP contribution < -0.4 is 5.32 Å². The molecule has 0 bridgehead atoms. The summed E-state index contributed by atoms with van der Waals surface area (Å²) in [4.78, 5) is 11.9. The Morgan fingerprint density at radius 3 is 2.85 bits per heavy atom. The normalized spacial score (nSPS) is 16.3. The number of halogens is 2. The molecule has 3 nitrogen and oxygen atoms in total. The summed E-state index contributed by atoms with van der Waals surface area (Å²) < 4.78 is 19.3. The van der Waals surface area contributed by atoms with Gasteiger partial charge in [0.15, 0.2) is 0 Å². The second kappa shape index (κ2) is 7.86. The lowest BCUT2D eigenvalue weighted by Crippen LogP contribution is -2.32. The van der Waals surface area contributed by atoms with Crippen molar-refractivity contribution < 1.29 is 13.9 Å². The minimum atomic E-state index is -0.303. The van der Waals surface area contributed by atoms with Crippen molar-refractivity contribution in [2.75, 3.05) is 19.7 Å². The quantitative estimate of drug-likeness (QED) is 0.863. The summed E-state index contributed by atoms with van der Waals surface area (Å²) >= 11 is 3.28. The lowest BCUT2D eigenvalue weighted by Gasteiger charge is -2.22. The number of rotatable bonds is 6. The topological polar surface area (TPSA) is 38.3 Å². The third-order valence-corrected chi connectivity index (χ3v) is 4.16. The SMILES string of the molecule is O=C(CCOC1CCNCC1)Cc1ccc(F)cc1Br. The molecular formula is C15H19BrFNO2. The largest absolute Gasteiger partial charge is 0.378 e. The maximum atomic E-state index is 13.0. The number of nitrogens with one attached hydrogen (secondary N) is 1. The molecule has 0 spiro atoms. The number of hydrogen-bond donors (Lipinski definition) is 1. The first-order valence-electron chi connectivity index (χ1n) is 6.93. The first kappa shape index (κ1) is 15.6. The van der Waals surface area contributed by atoms with Gasteiger partial charge in [0.2, 0.25) is 0 Å². The summed E-state index contributed by atoms with van der Waals surface area (Å²) in [6.07, 6.45) is 3.03. The van der Waals surface area contributed by atoms with E-state index < -0.39 is 0 Å². The number of carbonyl (C=O) groups excluding carboxylic acids is 1. The number of benzene rings is 1. The Hall–Kier alpha value is -0.780. The molecule has 2 rings (SSSR count). The van der Waals surface area contributed by atoms with Crippen LogP contribution in [-0.4, -0.2) is 31.6 Å². The van der Waals surface area contributed by atoms with Gasteiger partial charge in [0.1, 0.15) is 11.6 Å². The molecule has 1 fully saturated rings. The van der Waals surface area contributed by atoms with Gasteiger partial charge in [-0.05, 0) is 43.6 Å². The van der Waals surface area contributed by atoms with Crippen LogP contribution in [0.25, 0.3) is 0 Å². The smallest absolute Gasteiger partial charge is 0.139 e. The zero-order chi connectivity index (χ0) is 14.4. The van der Waals surface area contributed by atoms with Gasteiger partial charge < -0.3 is 10.1 Å². The van der Waals surface area contributed by atoms with Crippen LogP contribution in [0.5, 0.6) is 0 Å². The predicted molar refractivity (Wildman–Crippen MR) is 79.3 cm³/mol. The molecule has 110 valence electrons. The van der Waals surface area contributed by atoms with Gasteiger partial charge >= 0.3 is 0 Å². The fourth-order valence-corrected chi connectivity index (χ4v) is 2.76. The molecule has 0 saturated carbocycles. The molecule has 1 aromatic rings. The van der Waals surface area contributed by atoms with Crippen molar-refractivity contribution in [3.63, 3.8) is 0 Å². The molecule has 1 saturated heterocycles. The molecule has 0 aliphatic carbocycles. The molecule has 20 heavy (non-hydrogen) atoms. The molecule has 0 atom stereocenters. The maximum absolute atomic E-state index is 13.0. The van der Waals surface area contributed by atoms with E-state index in [9.17, 15) is 9.18 Å². The third kappa shape index (κ3) is 4.96. The van der Waals surface area contributed by atoms with Crippen molar-refractivity contribution in [1.82, 2.24) is 5.32 Å². The summed E-state index contributed by atoms with van der Waals surface area (Å²) in [6.45, 7) is 2.45. The molecule has 0 unspecified atom stereocenters. The van der Waals surface area contributed by atoms with Crippen LogP contribution in [0.3, 0.4) is 0 Å². The fourth-order valence-electron chi connectivity index (χ4n) is 2.27. The Bertz CT molecular complexity index is 461. The van der Waals surface area contributed by atoms with E-state index in [2.05, 4.69) is 21.2 Å². The highest BCUT2D eigenvalue weighted by molar-refractivity contribution is 9.10. The van der Waals surface area contributed by atoms with Gasteiger partial charge in [0, 0.05) is 17.3 Å². The van der Waals surface area contributed by atoms with Crippen LogP contribution in [0.1, 0.15) is 24.8 Å². The first-order valence-corrected chi connectivity index (χ1v) is 7.72. The highest BCUT2D eigenvalue weighted by Crippen LogP contribution is 2.19. The second-order valence-corrected chi connectivity index (χ2v) is 5.88. The van der Waals surface area contributed by atoms with Crippen LogP contribution in [0, 0.1) is 5.82 Å². The van der Waals surface area contributed by atoms with E-state index in [1.54, 1.807) is 6.07 Å². The van der Waals surface area contributed by atoms with Crippen LogP contribution in [0.15, 0.2) is 22.7 Å². The summed E-state index contributed by atoms with van der Waals surface area (Å²) in [6, 6.07) is 4.40. The van der Waals surface area contributed by atoms with Gasteiger partial charge in [-0.25, -0.2) is 4.39 Å². The first-order chi connectivity index (χ1) is 9.65. The van der Waals surface area contributed by atoms with Crippen molar-refractivity contribution in [3.05, 3.63) is 34.1 Å². The van der Waals surface area contributed by atoms with Crippen LogP contribution in [0.2, 0.25) is 0 Å². The predicted octanol–water partition coefficient (Wildman–Crippen LogP) is 2.86. The van der Waals surface area contributed by atoms with Crippen molar-refractivity contribution in [2.24, 2.45) is 0 Å². The molecule has 0 aromatic heterocycles. The second-order valence-electron chi connectivity index (χ2n) is 5.02. The van der Waals surface area contributed by atoms with Crippen LogP contribution in [0.4, 0.5) is 4.39 Å². The van der Waals surface area contributed by atoms with Crippen molar-refractivity contribution in [1.29, 1.82) is 0 Å². The summed E-state index contributed by atoms with van der Waals surface area (Å²) in [5.41, 5.74) is 0.818. The number of Topliss-reactive ketones (excluding diaryl/α,β-unsaturated/α-hetero) is 1. The molecule has 1 heterocycles. The van der Waals surface area contributed by atoms with Gasteiger partial charge in [-0.3, -0.25) is 4.79 Å². The van der Waals surface area contributed by atoms with Crippen LogP contribution in [-0.2, 0) is 16.0 Å². The third-order valence-electron chi connectivity index (χ3n) is 3.42. The molecule has 5 heteroatoms. The number of piperidine rings is 1. The van der Waals surface area contributed by atoms with E-state index in [-0.39, 0.29) is 17.7 Å². The standard InChI is InChI=1S/C15H19BrFNO2/c16-15-10-12(17)2-1-11(15)9-13(19)5-8-20-14-3-6-18-7-4-14/h1-2,10,14,18H,3-9H2. The molecule has 0 amide bonds. The number of carbonyl (C=O) groups is 1. The minimum absolute atomic E-state index is 0.117. The van der Waals surface area contributed by atoms with E-state index in [0.717, 1.165) is 31.5 Å². The Morgan fingerprint density at radius 2 is 2.15 bits per heavy atom. The zero-order valence-electron chi connectivity index (χ0n) is 11.3. The van der Waals surface area contributed by atoms with E-state index in [1.807, 2.05) is 0 Å². The van der Waals surface area contributed by atoms with Gasteiger partial charge in [-0.1, -0.05) is 22.0 Å². The lowest BCUT2D eigenvalue weighted by atomic mass is 10.1. The summed E-state index contributed by atoms with van der Waals surface area (Å²) in [5, 5.41) is 3.27. The van der Waals surface area contributed by atoms with Crippen molar-refractivity contribution in [2.45, 2.75) is 31.8 Å². The van der Waals surface area contributed by atoms with Gasteiger partial charge in [0.05, 0.1) is 12.7 Å². The molecule has 1 aliphatic heterocycles. The molecule has 1 aromatic carbocycles. The molecule has 0 radical (unpaired) electrons. The van der Waals surface area contributed by atoms with Gasteiger partial charge in [0.25, 0.3) is 0 Å². The molecule has 1 N–H and O–H groups in total. The van der Waals surface area contributed by atoms with Gasteiger partial charge in [-0.2, -0.15) is 0 Å². The number of hydrogen-bond acceptors (Lipinski definition) is 3. The van der Waals surface area contributed by atoms with Crippen molar-refractivity contribution in [3.8, 4) is 0 Å². The average molecular weight is 344 g/mol. The van der Waals surface area contributed by atoms with Crippen LogP contribution >= 0.6 is 15.9 Å². The zero-order valence-corrected chi connectivity index (χ0v) is 12.9. The van der Waals surface area contributed by atoms with Crippen molar-refractivity contribution >= 4 is 21.7 Å². The number of ether oxygens (including phenoxy) is 1. The molecular weight excluding hydrogens is 325 g/mol. The lowest BCUT2D eigenvalue weighted by molar-refractivity contribution is -0.120.